The molecule has 2 heterocycles. The van der Waals surface area contributed by atoms with E-state index in [1.54, 1.807) is 0 Å². The van der Waals surface area contributed by atoms with Gasteiger partial charge in [0.1, 0.15) is 0 Å². The Labute approximate surface area is 143 Å². The third kappa shape index (κ3) is 5.34. The van der Waals surface area contributed by atoms with E-state index in [0.29, 0.717) is 19.0 Å². The summed E-state index contributed by atoms with van der Waals surface area (Å²) in [6.07, 6.45) is 3.69. The highest BCUT2D eigenvalue weighted by Gasteiger charge is 2.28. The number of thiophene rings is 1. The molecule has 0 radical (unpaired) electrons. The Morgan fingerprint density at radius 2 is 1.96 bits per heavy atom. The predicted molar refractivity (Wildman–Crippen MR) is 94.6 cm³/mol. The first-order valence-corrected chi connectivity index (χ1v) is 9.53. The molecule has 128 valence electrons. The molecule has 0 bridgehead atoms. The molecule has 1 aromatic rings. The summed E-state index contributed by atoms with van der Waals surface area (Å²) in [5.74, 6) is 0.961. The SMILES string of the molecule is CC(C)CCC(C)NC(=O)C1CCN(C(=O)c2ccsc2)CC1. The molecule has 4 nitrogen and oxygen atoms in total. The Hall–Kier alpha value is -1.36. The third-order valence-corrected chi connectivity index (χ3v) is 5.17. The molecule has 1 fully saturated rings. The van der Waals surface area contributed by atoms with Gasteiger partial charge in [-0.1, -0.05) is 13.8 Å². The lowest BCUT2D eigenvalue weighted by Gasteiger charge is -2.31. The van der Waals surface area contributed by atoms with Crippen molar-refractivity contribution in [2.75, 3.05) is 13.1 Å². The summed E-state index contributed by atoms with van der Waals surface area (Å²) < 4.78 is 0. The van der Waals surface area contributed by atoms with Gasteiger partial charge in [-0.3, -0.25) is 9.59 Å². The molecule has 2 rings (SSSR count). The van der Waals surface area contributed by atoms with Gasteiger partial charge in [-0.05, 0) is 50.0 Å². The number of likely N-dealkylation sites (tertiary alicyclic amines) is 1. The Kier molecular flexibility index (Phi) is 6.63. The molecular weight excluding hydrogens is 308 g/mol. The number of hydrogen-bond donors (Lipinski definition) is 1. The molecule has 0 aliphatic carbocycles. The molecule has 0 aromatic carbocycles. The second kappa shape index (κ2) is 8.48. The van der Waals surface area contributed by atoms with Gasteiger partial charge >= 0.3 is 0 Å². The monoisotopic (exact) mass is 336 g/mol. The first-order valence-electron chi connectivity index (χ1n) is 8.59. The van der Waals surface area contributed by atoms with Crippen molar-refractivity contribution in [2.45, 2.75) is 52.5 Å². The van der Waals surface area contributed by atoms with Gasteiger partial charge in [0.2, 0.25) is 5.91 Å². The molecule has 5 heteroatoms. The molecule has 1 saturated heterocycles. The highest BCUT2D eigenvalue weighted by Crippen LogP contribution is 2.20. The van der Waals surface area contributed by atoms with E-state index in [1.165, 1.54) is 11.3 Å². The van der Waals surface area contributed by atoms with Crippen molar-refractivity contribution >= 4 is 23.2 Å². The van der Waals surface area contributed by atoms with Crippen LogP contribution in [0.2, 0.25) is 0 Å². The maximum atomic E-state index is 12.3. The van der Waals surface area contributed by atoms with Gasteiger partial charge in [-0.25, -0.2) is 0 Å². The first-order chi connectivity index (χ1) is 11.0. The zero-order valence-electron chi connectivity index (χ0n) is 14.4. The van der Waals surface area contributed by atoms with Crippen LogP contribution < -0.4 is 5.32 Å². The van der Waals surface area contributed by atoms with Crippen LogP contribution in [-0.2, 0) is 4.79 Å². The lowest BCUT2D eigenvalue weighted by Crippen LogP contribution is -2.44. The quantitative estimate of drug-likeness (QED) is 0.864. The number of carbonyl (C=O) groups is 2. The van der Waals surface area contributed by atoms with Gasteiger partial charge in [0, 0.05) is 30.4 Å². The second-order valence-electron chi connectivity index (χ2n) is 6.96. The van der Waals surface area contributed by atoms with Crippen molar-refractivity contribution < 1.29 is 9.59 Å². The lowest BCUT2D eigenvalue weighted by molar-refractivity contribution is -0.127. The van der Waals surface area contributed by atoms with Gasteiger partial charge < -0.3 is 10.2 Å². The smallest absolute Gasteiger partial charge is 0.254 e. The van der Waals surface area contributed by atoms with Crippen molar-refractivity contribution in [1.29, 1.82) is 0 Å². The number of piperidine rings is 1. The lowest BCUT2D eigenvalue weighted by atomic mass is 9.94. The molecule has 1 unspecified atom stereocenters. The minimum absolute atomic E-state index is 0.0445. The third-order valence-electron chi connectivity index (χ3n) is 4.49. The fourth-order valence-corrected chi connectivity index (χ4v) is 3.56. The molecule has 1 aromatic heterocycles. The molecule has 0 spiro atoms. The van der Waals surface area contributed by atoms with Gasteiger partial charge in [-0.2, -0.15) is 11.3 Å². The molecule has 2 amide bonds. The van der Waals surface area contributed by atoms with Crippen molar-refractivity contribution in [2.24, 2.45) is 11.8 Å². The van der Waals surface area contributed by atoms with Crippen LogP contribution in [0.4, 0.5) is 0 Å². The minimum atomic E-state index is 0.0445. The molecular formula is C18H28N2O2S. The average Bonchev–Trinajstić information content (AvgIpc) is 3.06. The Bertz CT molecular complexity index is 505. The van der Waals surface area contributed by atoms with Crippen LogP contribution in [0.3, 0.4) is 0 Å². The van der Waals surface area contributed by atoms with Crippen molar-refractivity contribution in [1.82, 2.24) is 10.2 Å². The molecule has 0 saturated carbocycles. The first kappa shape index (κ1) is 18.0. The summed E-state index contributed by atoms with van der Waals surface area (Å²) in [6, 6.07) is 2.10. The molecule has 1 atom stereocenters. The standard InChI is InChI=1S/C18H28N2O2S/c1-13(2)4-5-14(3)19-17(21)15-6-9-20(10-7-15)18(22)16-8-11-23-12-16/h8,11-15H,4-7,9-10H2,1-3H3,(H,19,21). The van der Waals surface area contributed by atoms with Crippen molar-refractivity contribution in [3.8, 4) is 0 Å². The zero-order valence-corrected chi connectivity index (χ0v) is 15.2. The minimum Gasteiger partial charge on any atom is -0.353 e. The van der Waals surface area contributed by atoms with E-state index in [2.05, 4.69) is 26.1 Å². The number of hydrogen-bond acceptors (Lipinski definition) is 3. The molecule has 23 heavy (non-hydrogen) atoms. The highest BCUT2D eigenvalue weighted by atomic mass is 32.1. The second-order valence-corrected chi connectivity index (χ2v) is 7.74. The van der Waals surface area contributed by atoms with Gasteiger partial charge in [0.25, 0.3) is 5.91 Å². The van der Waals surface area contributed by atoms with Crippen LogP contribution in [0.25, 0.3) is 0 Å². The fourth-order valence-electron chi connectivity index (χ4n) is 2.93. The van der Waals surface area contributed by atoms with E-state index < -0.39 is 0 Å². The topological polar surface area (TPSA) is 49.4 Å². The van der Waals surface area contributed by atoms with Crippen LogP contribution in [-0.4, -0.2) is 35.8 Å². The van der Waals surface area contributed by atoms with Crippen LogP contribution >= 0.6 is 11.3 Å². The van der Waals surface area contributed by atoms with Gasteiger partial charge in [0.05, 0.1) is 5.56 Å². The molecule has 1 aliphatic heterocycles. The number of nitrogens with one attached hydrogen (secondary N) is 1. The van der Waals surface area contributed by atoms with Crippen LogP contribution in [0.5, 0.6) is 0 Å². The normalized spacial score (nSPS) is 17.3. The summed E-state index contributed by atoms with van der Waals surface area (Å²) in [4.78, 5) is 26.5. The number of carbonyl (C=O) groups excluding carboxylic acids is 2. The Morgan fingerprint density at radius 1 is 1.26 bits per heavy atom. The number of rotatable bonds is 6. The average molecular weight is 337 g/mol. The van der Waals surface area contributed by atoms with E-state index in [4.69, 9.17) is 0 Å². The zero-order chi connectivity index (χ0) is 16.8. The van der Waals surface area contributed by atoms with E-state index in [9.17, 15) is 9.59 Å². The maximum absolute atomic E-state index is 12.3. The van der Waals surface area contributed by atoms with Crippen LogP contribution in [0.15, 0.2) is 16.8 Å². The largest absolute Gasteiger partial charge is 0.353 e. The van der Waals surface area contributed by atoms with Gasteiger partial charge in [0.15, 0.2) is 0 Å². The number of amides is 2. The Balaban J connectivity index is 1.75. The summed E-state index contributed by atoms with van der Waals surface area (Å²) in [5, 5.41) is 6.94. The number of nitrogens with zero attached hydrogens (tertiary/aromatic N) is 1. The summed E-state index contributed by atoms with van der Waals surface area (Å²) >= 11 is 1.54. The molecule has 1 aliphatic rings. The summed E-state index contributed by atoms with van der Waals surface area (Å²) in [5.41, 5.74) is 0.764. The molecule has 1 N–H and O–H groups in total. The predicted octanol–water partition coefficient (Wildman–Crippen LogP) is 3.54. The van der Waals surface area contributed by atoms with Crippen molar-refractivity contribution in [3.05, 3.63) is 22.4 Å². The van der Waals surface area contributed by atoms with Gasteiger partial charge in [-0.15, -0.1) is 0 Å². The summed E-state index contributed by atoms with van der Waals surface area (Å²) in [7, 11) is 0. The van der Waals surface area contributed by atoms with Crippen molar-refractivity contribution in [3.63, 3.8) is 0 Å². The van der Waals surface area contributed by atoms with E-state index in [-0.39, 0.29) is 23.8 Å². The van der Waals surface area contributed by atoms with Crippen LogP contribution in [0.1, 0.15) is 56.8 Å². The van der Waals surface area contributed by atoms with Crippen LogP contribution in [0, 0.1) is 11.8 Å². The Morgan fingerprint density at radius 3 is 2.52 bits per heavy atom. The van der Waals surface area contributed by atoms with E-state index in [0.717, 1.165) is 31.2 Å². The highest BCUT2D eigenvalue weighted by molar-refractivity contribution is 7.08. The fraction of sp³-hybridized carbons (Fsp3) is 0.667. The van der Waals surface area contributed by atoms with E-state index >= 15 is 0 Å². The maximum Gasteiger partial charge on any atom is 0.254 e. The summed E-state index contributed by atoms with van der Waals surface area (Å²) in [6.45, 7) is 7.83. The van der Waals surface area contributed by atoms with E-state index in [1.807, 2.05) is 21.7 Å².